The first-order valence-corrected chi connectivity index (χ1v) is 5.86. The summed E-state index contributed by atoms with van der Waals surface area (Å²) in [4.78, 5) is 0. The minimum Gasteiger partial charge on any atom is -0.364 e. The van der Waals surface area contributed by atoms with Gasteiger partial charge in [0.2, 0.25) is 0 Å². The molecule has 0 aromatic heterocycles. The van der Waals surface area contributed by atoms with Crippen molar-refractivity contribution in [3.05, 3.63) is 0 Å². The molecule has 0 unspecified atom stereocenters. The Labute approximate surface area is 45.2 Å². The summed E-state index contributed by atoms with van der Waals surface area (Å²) in [6, 6.07) is 0. The molecule has 0 bridgehead atoms. The van der Waals surface area contributed by atoms with Crippen molar-refractivity contribution in [2.24, 2.45) is 0 Å². The lowest BCUT2D eigenvalue weighted by Gasteiger charge is -2.29. The van der Waals surface area contributed by atoms with E-state index in [4.69, 9.17) is 5.11 Å². The molecule has 0 aliphatic rings. The van der Waals surface area contributed by atoms with Crippen LogP contribution in [0.4, 0.5) is 0 Å². The monoisotopic (exact) mass is 122 g/mol. The van der Waals surface area contributed by atoms with Gasteiger partial charge in [-0.2, -0.15) is 0 Å². The third kappa shape index (κ3) is 6.18. The minimum atomic E-state index is -1.44. The molecule has 0 saturated heterocycles. The maximum Gasteiger partial charge on any atom is 0.0437 e. The van der Waals surface area contributed by atoms with Gasteiger partial charge in [-0.15, -0.1) is 0 Å². The zero-order valence-corrected chi connectivity index (χ0v) is 6.25. The van der Waals surface area contributed by atoms with Gasteiger partial charge >= 0.3 is 0 Å². The Morgan fingerprint density at radius 2 is 1.29 bits per heavy atom. The molecule has 0 atom stereocenters. The molecule has 0 radical (unpaired) electrons. The van der Waals surface area contributed by atoms with E-state index < -0.39 is 8.75 Å². The van der Waals surface area contributed by atoms with Crippen LogP contribution in [0.15, 0.2) is 0 Å². The molecule has 0 amide bonds. The molecular weight excluding hydrogens is 108 g/mol. The van der Waals surface area contributed by atoms with Crippen molar-refractivity contribution in [1.82, 2.24) is 0 Å². The molecule has 0 aliphatic heterocycles. The van der Waals surface area contributed by atoms with Crippen LogP contribution < -0.4 is 0 Å². The summed E-state index contributed by atoms with van der Waals surface area (Å²) >= 11 is 0. The van der Waals surface area contributed by atoms with E-state index in [9.17, 15) is 0 Å². The average molecular weight is 122 g/mol. The van der Waals surface area contributed by atoms with Gasteiger partial charge in [0.25, 0.3) is 0 Å². The van der Waals surface area contributed by atoms with Crippen LogP contribution >= 0.6 is 8.75 Å². The second kappa shape index (κ2) is 1.33. The summed E-state index contributed by atoms with van der Waals surface area (Å²) in [6.07, 6.45) is 8.27. The minimum absolute atomic E-state index is 1.32. The molecule has 2 heteroatoms. The summed E-state index contributed by atoms with van der Waals surface area (Å²) in [5, 5.41) is 8.59. The highest BCUT2D eigenvalue weighted by atomic mass is 32.3. The normalized spacial score (nSPS) is 17.6. The van der Waals surface area contributed by atoms with E-state index in [2.05, 4.69) is 25.0 Å². The predicted molar refractivity (Wildman–Crippen MR) is 40.0 cm³/mol. The van der Waals surface area contributed by atoms with Crippen LogP contribution in [0.25, 0.3) is 0 Å². The molecule has 1 nitrogen and oxygen atoms in total. The number of aliphatic hydroxyl groups excluding tert-OH is 1. The highest BCUT2D eigenvalue weighted by Crippen LogP contribution is 2.40. The summed E-state index contributed by atoms with van der Waals surface area (Å²) in [5.74, 6) is 0. The topological polar surface area (TPSA) is 20.2 Å². The van der Waals surface area contributed by atoms with Crippen molar-refractivity contribution in [2.45, 2.75) is 0 Å². The van der Waals surface area contributed by atoms with Crippen molar-refractivity contribution < 1.29 is 5.11 Å². The quantitative estimate of drug-likeness (QED) is 0.478. The van der Waals surface area contributed by atoms with Crippen LogP contribution in [0, 0.1) is 0 Å². The molecule has 0 aromatic carbocycles. The molecule has 0 heterocycles. The molecule has 0 saturated carbocycles. The van der Waals surface area contributed by atoms with E-state index in [-0.39, 0.29) is 0 Å². The maximum atomic E-state index is 8.59. The second-order valence-corrected chi connectivity index (χ2v) is 10.5. The SMILES string of the molecule is CS(C)(C)(C)=CO. The molecular formula is C5H14OS. The van der Waals surface area contributed by atoms with Crippen LogP contribution in [0.3, 0.4) is 0 Å². The molecule has 0 spiro atoms. The van der Waals surface area contributed by atoms with Gasteiger partial charge < -0.3 is 5.11 Å². The zero-order valence-electron chi connectivity index (χ0n) is 5.43. The Hall–Kier alpha value is 0.180. The summed E-state index contributed by atoms with van der Waals surface area (Å²) in [7, 11) is -1.44. The van der Waals surface area contributed by atoms with Crippen molar-refractivity contribution in [3.63, 3.8) is 0 Å². The predicted octanol–water partition coefficient (Wildman–Crippen LogP) is 1.16. The first-order valence-electron chi connectivity index (χ1n) is 2.13. The summed E-state index contributed by atoms with van der Waals surface area (Å²) in [5.41, 5.74) is 1.32. The van der Waals surface area contributed by atoms with E-state index in [1.807, 2.05) is 0 Å². The Kier molecular flexibility index (Phi) is 1.36. The first kappa shape index (κ1) is 7.18. The van der Waals surface area contributed by atoms with E-state index in [1.54, 1.807) is 0 Å². The van der Waals surface area contributed by atoms with Crippen LogP contribution in [0.5, 0.6) is 0 Å². The van der Waals surface area contributed by atoms with Crippen LogP contribution in [0.1, 0.15) is 0 Å². The number of rotatable bonds is 0. The smallest absolute Gasteiger partial charge is 0.0437 e. The van der Waals surface area contributed by atoms with Gasteiger partial charge in [0, 0.05) is 5.55 Å². The van der Waals surface area contributed by atoms with Gasteiger partial charge in [0.15, 0.2) is 0 Å². The van der Waals surface area contributed by atoms with Gasteiger partial charge in [-0.05, 0) is 25.0 Å². The summed E-state index contributed by atoms with van der Waals surface area (Å²) in [6.45, 7) is 0. The fourth-order valence-corrected chi connectivity index (χ4v) is 0. The van der Waals surface area contributed by atoms with E-state index >= 15 is 0 Å². The lowest BCUT2D eigenvalue weighted by Crippen LogP contribution is -2.00. The van der Waals surface area contributed by atoms with Crippen molar-refractivity contribution in [2.75, 3.05) is 25.0 Å². The summed E-state index contributed by atoms with van der Waals surface area (Å²) < 4.78 is 0. The molecule has 0 aliphatic carbocycles. The van der Waals surface area contributed by atoms with Crippen LogP contribution in [-0.4, -0.2) is 35.7 Å². The largest absolute Gasteiger partial charge is 0.364 e. The highest BCUT2D eigenvalue weighted by Gasteiger charge is 2.03. The van der Waals surface area contributed by atoms with Crippen molar-refractivity contribution >= 4 is 14.3 Å². The highest BCUT2D eigenvalue weighted by molar-refractivity contribution is 8.45. The molecule has 0 rings (SSSR count). The first-order chi connectivity index (χ1) is 2.81. The third-order valence-electron chi connectivity index (χ3n) is 0.422. The maximum absolute atomic E-state index is 8.59. The zero-order chi connectivity index (χ0) is 6.15. The fourth-order valence-electron chi connectivity index (χ4n) is 0. The molecule has 0 aromatic rings. The fraction of sp³-hybridized carbons (Fsp3) is 0.800. The van der Waals surface area contributed by atoms with E-state index in [0.717, 1.165) is 0 Å². The standard InChI is InChI=1S/C5H14OS/c1-7(2,3,4)5-6/h5-6H,1-4H3. The van der Waals surface area contributed by atoms with Gasteiger partial charge in [-0.3, -0.25) is 0 Å². The average Bonchev–Trinajstić information content (AvgIpc) is 1.32. The number of aliphatic hydroxyl groups is 1. The van der Waals surface area contributed by atoms with Crippen molar-refractivity contribution in [1.29, 1.82) is 0 Å². The molecule has 1 N–H and O–H groups in total. The van der Waals surface area contributed by atoms with Gasteiger partial charge in [-0.1, -0.05) is 0 Å². The van der Waals surface area contributed by atoms with E-state index in [1.165, 1.54) is 5.55 Å². The Bertz CT molecular complexity index is 106. The van der Waals surface area contributed by atoms with Crippen LogP contribution in [-0.2, 0) is 0 Å². The Morgan fingerprint density at radius 1 is 1.14 bits per heavy atom. The van der Waals surface area contributed by atoms with Gasteiger partial charge in [0.1, 0.15) is 0 Å². The Balaban J connectivity index is 4.47. The molecule has 46 valence electrons. The number of hydrogen-bond donors (Lipinski definition) is 1. The third-order valence-corrected chi connectivity index (χ3v) is 1.26. The molecule has 7 heavy (non-hydrogen) atoms. The van der Waals surface area contributed by atoms with Gasteiger partial charge in [-0.25, -0.2) is 8.75 Å². The second-order valence-electron chi connectivity index (χ2n) is 3.50. The lowest BCUT2D eigenvalue weighted by atomic mass is 11.7. The Morgan fingerprint density at radius 3 is 1.29 bits per heavy atom. The number of hydrogen-bond acceptors (Lipinski definition) is 0. The molecule has 0 fully saturated rings. The van der Waals surface area contributed by atoms with Crippen LogP contribution in [0.2, 0.25) is 0 Å². The van der Waals surface area contributed by atoms with E-state index in [0.29, 0.717) is 0 Å². The van der Waals surface area contributed by atoms with Gasteiger partial charge in [0.05, 0.1) is 0 Å². The van der Waals surface area contributed by atoms with Crippen molar-refractivity contribution in [3.8, 4) is 0 Å². The lowest BCUT2D eigenvalue weighted by molar-refractivity contribution is 0.592.